The maximum absolute atomic E-state index is 12.5. The van der Waals surface area contributed by atoms with Crippen LogP contribution in [0.2, 0.25) is 0 Å². The Labute approximate surface area is 202 Å². The minimum atomic E-state index is -4.88. The van der Waals surface area contributed by atoms with Crippen LogP contribution >= 0.6 is 0 Å². The van der Waals surface area contributed by atoms with Crippen LogP contribution in [0.25, 0.3) is 0 Å². The first kappa shape index (κ1) is 27.6. The molecule has 34 heavy (non-hydrogen) atoms. The lowest BCUT2D eigenvalue weighted by molar-refractivity contribution is 0.0745. The molecule has 8 nitrogen and oxygen atoms in total. The van der Waals surface area contributed by atoms with Crippen LogP contribution in [0.3, 0.4) is 0 Å². The molecule has 0 aromatic heterocycles. The molecule has 0 spiro atoms. The van der Waals surface area contributed by atoms with E-state index in [1.54, 1.807) is 0 Å². The Bertz CT molecular complexity index is 1100. The quantitative estimate of drug-likeness (QED) is 0.290. The third-order valence-electron chi connectivity index (χ3n) is 5.67. The maximum Gasteiger partial charge on any atom is 0.446 e. The lowest BCUT2D eigenvalue weighted by Crippen LogP contribution is -2.26. The standard InChI is InChI=1S/C25H35NO7S/c1-17(2)7-5-8-18(3)9-6-10-19(4)11-12-20-23(28)15-21-22(24(20)33-34(30,31)32)16-26(13-14-27)25(21)29/h7,9,11,15,27-28H,5-6,8,10,12-14,16H2,1-4H3,(H,30,31,32)/b18-9+,19-11+. The highest BCUT2D eigenvalue weighted by Gasteiger charge is 2.34. The predicted molar refractivity (Wildman–Crippen MR) is 131 cm³/mol. The van der Waals surface area contributed by atoms with E-state index < -0.39 is 16.3 Å². The van der Waals surface area contributed by atoms with E-state index in [0.29, 0.717) is 0 Å². The van der Waals surface area contributed by atoms with Crippen molar-refractivity contribution in [1.29, 1.82) is 0 Å². The molecule has 1 amide bonds. The van der Waals surface area contributed by atoms with E-state index in [4.69, 9.17) is 4.18 Å². The third-order valence-corrected chi connectivity index (χ3v) is 6.04. The number of amides is 1. The van der Waals surface area contributed by atoms with Gasteiger partial charge < -0.3 is 19.3 Å². The van der Waals surface area contributed by atoms with Crippen molar-refractivity contribution in [3.05, 3.63) is 57.7 Å². The fourth-order valence-corrected chi connectivity index (χ4v) is 4.24. The molecule has 0 fully saturated rings. The van der Waals surface area contributed by atoms with Crippen LogP contribution in [0, 0.1) is 0 Å². The number of aliphatic hydroxyl groups is 1. The number of phenols is 1. The Morgan fingerprint density at radius 2 is 1.71 bits per heavy atom. The van der Waals surface area contributed by atoms with Gasteiger partial charge in [0.2, 0.25) is 0 Å². The number of nitrogens with zero attached hydrogens (tertiary/aromatic N) is 1. The molecule has 0 saturated carbocycles. The normalized spacial score (nSPS) is 14.4. The van der Waals surface area contributed by atoms with Crippen molar-refractivity contribution in [2.24, 2.45) is 0 Å². The van der Waals surface area contributed by atoms with Gasteiger partial charge in [0.05, 0.1) is 18.7 Å². The lowest BCUT2D eigenvalue weighted by atomic mass is 9.99. The summed E-state index contributed by atoms with van der Waals surface area (Å²) in [6.45, 7) is 8.02. The molecular formula is C25H35NO7S. The number of benzene rings is 1. The van der Waals surface area contributed by atoms with Crippen molar-refractivity contribution < 1.29 is 32.2 Å². The van der Waals surface area contributed by atoms with Gasteiger partial charge in [-0.05, 0) is 65.9 Å². The average Bonchev–Trinajstić information content (AvgIpc) is 3.02. The molecule has 1 aliphatic heterocycles. The number of carbonyl (C=O) groups excluding carboxylic acids is 1. The van der Waals surface area contributed by atoms with Crippen molar-refractivity contribution >= 4 is 16.3 Å². The maximum atomic E-state index is 12.5. The molecule has 0 saturated heterocycles. The van der Waals surface area contributed by atoms with Crippen LogP contribution in [0.1, 0.15) is 74.9 Å². The largest absolute Gasteiger partial charge is 0.507 e. The second-order valence-electron chi connectivity index (χ2n) is 8.85. The molecule has 0 radical (unpaired) electrons. The topological polar surface area (TPSA) is 124 Å². The molecule has 2 rings (SSSR count). The van der Waals surface area contributed by atoms with E-state index in [2.05, 4.69) is 32.9 Å². The van der Waals surface area contributed by atoms with Crippen LogP contribution in [0.15, 0.2) is 41.0 Å². The molecule has 1 heterocycles. The molecule has 0 bridgehead atoms. The van der Waals surface area contributed by atoms with Gasteiger partial charge in [-0.1, -0.05) is 34.9 Å². The Hall–Kier alpha value is -2.62. The van der Waals surface area contributed by atoms with Crippen LogP contribution < -0.4 is 4.18 Å². The lowest BCUT2D eigenvalue weighted by Gasteiger charge is -2.14. The summed E-state index contributed by atoms with van der Waals surface area (Å²) in [6, 6.07) is 1.28. The van der Waals surface area contributed by atoms with E-state index >= 15 is 0 Å². The van der Waals surface area contributed by atoms with Crippen LogP contribution in [0.4, 0.5) is 0 Å². The number of allylic oxidation sites excluding steroid dienone is 6. The van der Waals surface area contributed by atoms with Gasteiger partial charge in [-0.2, -0.15) is 8.42 Å². The zero-order valence-electron chi connectivity index (χ0n) is 20.3. The van der Waals surface area contributed by atoms with Gasteiger partial charge in [0.25, 0.3) is 5.91 Å². The Morgan fingerprint density at radius 1 is 1.09 bits per heavy atom. The number of hydrogen-bond acceptors (Lipinski definition) is 6. The molecule has 0 aliphatic carbocycles. The van der Waals surface area contributed by atoms with Crippen molar-refractivity contribution in [2.45, 2.75) is 66.3 Å². The second kappa shape index (κ2) is 12.2. The predicted octanol–water partition coefficient (Wildman–Crippen LogP) is 4.48. The molecule has 9 heteroatoms. The highest BCUT2D eigenvalue weighted by Crippen LogP contribution is 2.40. The molecule has 188 valence electrons. The number of aromatic hydroxyl groups is 1. The number of hydrogen-bond donors (Lipinski definition) is 3. The number of rotatable bonds is 12. The van der Waals surface area contributed by atoms with E-state index in [1.165, 1.54) is 22.1 Å². The zero-order valence-corrected chi connectivity index (χ0v) is 21.1. The number of aliphatic hydroxyl groups excluding tert-OH is 1. The molecular weight excluding hydrogens is 458 g/mol. The van der Waals surface area contributed by atoms with Crippen LogP contribution in [-0.4, -0.2) is 47.1 Å². The summed E-state index contributed by atoms with van der Waals surface area (Å²) in [5.74, 6) is -0.995. The summed E-state index contributed by atoms with van der Waals surface area (Å²) in [4.78, 5) is 13.8. The SMILES string of the molecule is CC(C)=CCC/C(C)=C/CC/C(C)=C/Cc1c(O)cc2c(c1OS(=O)(=O)O)CN(CCO)C2=O. The molecule has 0 unspecified atom stereocenters. The Kier molecular flexibility index (Phi) is 9.90. The first-order chi connectivity index (χ1) is 15.9. The summed E-state index contributed by atoms with van der Waals surface area (Å²) in [5, 5.41) is 19.7. The molecule has 0 atom stereocenters. The van der Waals surface area contributed by atoms with E-state index in [0.717, 1.165) is 31.3 Å². The van der Waals surface area contributed by atoms with Crippen molar-refractivity contribution in [3.63, 3.8) is 0 Å². The smallest absolute Gasteiger partial charge is 0.446 e. The monoisotopic (exact) mass is 493 g/mol. The second-order valence-corrected chi connectivity index (χ2v) is 9.88. The third kappa shape index (κ3) is 8.00. The Morgan fingerprint density at radius 3 is 2.29 bits per heavy atom. The summed E-state index contributed by atoms with van der Waals surface area (Å²) in [7, 11) is -4.88. The number of fused-ring (bicyclic) bond motifs is 1. The summed E-state index contributed by atoms with van der Waals surface area (Å²) in [6.07, 6.45) is 10.1. The highest BCUT2D eigenvalue weighted by atomic mass is 32.3. The summed E-state index contributed by atoms with van der Waals surface area (Å²) in [5.41, 5.74) is 4.19. The first-order valence-corrected chi connectivity index (χ1v) is 12.7. The number of phenolic OH excluding ortho intramolecular Hbond substituents is 1. The van der Waals surface area contributed by atoms with E-state index in [-0.39, 0.29) is 54.3 Å². The zero-order chi connectivity index (χ0) is 25.5. The van der Waals surface area contributed by atoms with Gasteiger partial charge in [-0.15, -0.1) is 0 Å². The average molecular weight is 494 g/mol. The van der Waals surface area contributed by atoms with Crippen molar-refractivity contribution in [3.8, 4) is 11.5 Å². The van der Waals surface area contributed by atoms with Gasteiger partial charge in [-0.3, -0.25) is 9.35 Å². The summed E-state index contributed by atoms with van der Waals surface area (Å²) < 4.78 is 37.1. The van der Waals surface area contributed by atoms with Gasteiger partial charge in [-0.25, -0.2) is 0 Å². The summed E-state index contributed by atoms with van der Waals surface area (Å²) >= 11 is 0. The van der Waals surface area contributed by atoms with E-state index in [1.807, 2.05) is 13.0 Å². The molecule has 3 N–H and O–H groups in total. The molecule has 1 aliphatic rings. The molecule has 1 aromatic rings. The number of carbonyl (C=O) groups is 1. The minimum Gasteiger partial charge on any atom is -0.507 e. The fourth-order valence-electron chi connectivity index (χ4n) is 3.83. The van der Waals surface area contributed by atoms with Gasteiger partial charge in [0, 0.05) is 17.7 Å². The fraction of sp³-hybridized carbons (Fsp3) is 0.480. The highest BCUT2D eigenvalue weighted by molar-refractivity contribution is 7.81. The van der Waals surface area contributed by atoms with Gasteiger partial charge in [0.1, 0.15) is 5.75 Å². The van der Waals surface area contributed by atoms with Crippen molar-refractivity contribution in [1.82, 2.24) is 4.90 Å². The first-order valence-electron chi connectivity index (χ1n) is 11.3. The van der Waals surface area contributed by atoms with Gasteiger partial charge >= 0.3 is 10.4 Å². The van der Waals surface area contributed by atoms with Crippen molar-refractivity contribution in [2.75, 3.05) is 13.2 Å². The minimum absolute atomic E-state index is 0.00632. The van der Waals surface area contributed by atoms with E-state index in [9.17, 15) is 28.0 Å². The number of β-amino-alcohol motifs (C(OH)–C–C–N with tert-alkyl or cyclic N) is 1. The van der Waals surface area contributed by atoms with Crippen LogP contribution in [-0.2, 0) is 23.4 Å². The molecule has 1 aromatic carbocycles. The Balaban J connectivity index is 2.20. The van der Waals surface area contributed by atoms with Gasteiger partial charge in [0.15, 0.2) is 5.75 Å². The van der Waals surface area contributed by atoms with Crippen LogP contribution in [0.5, 0.6) is 11.5 Å².